The van der Waals surface area contributed by atoms with Gasteiger partial charge >= 0.3 is 0 Å². The number of methoxy groups -OCH3 is 1. The summed E-state index contributed by atoms with van der Waals surface area (Å²) in [6.45, 7) is 1.90. The molecule has 0 aliphatic carbocycles. The molecule has 0 unspecified atom stereocenters. The van der Waals surface area contributed by atoms with E-state index in [0.717, 1.165) is 5.56 Å². The predicted octanol–water partition coefficient (Wildman–Crippen LogP) is 2.72. The number of nitrogens with two attached hydrogens (primary N) is 1. The Morgan fingerprint density at radius 3 is 2.82 bits per heavy atom. The fourth-order valence-electron chi connectivity index (χ4n) is 1.34. The number of aryl methyl sites for hydroxylation is 1. The number of azo groups is 1. The Kier molecular flexibility index (Phi) is 3.04. The average Bonchev–Trinajstić information content (AvgIpc) is 2.83. The minimum atomic E-state index is 0.446. The molecule has 1 aromatic carbocycles. The van der Waals surface area contributed by atoms with Crippen LogP contribution in [0.1, 0.15) is 5.56 Å². The van der Waals surface area contributed by atoms with Crippen LogP contribution in [0.4, 0.5) is 17.3 Å². The topological polar surface area (TPSA) is 88.7 Å². The molecular formula is C11H13N5O. The number of H-pyrrole nitrogens is 1. The molecule has 17 heavy (non-hydrogen) atoms. The molecule has 3 N–H and O–H groups in total. The lowest BCUT2D eigenvalue weighted by molar-refractivity contribution is 0.416. The zero-order chi connectivity index (χ0) is 12.3. The van der Waals surface area contributed by atoms with Crippen molar-refractivity contribution in [1.82, 2.24) is 9.97 Å². The Morgan fingerprint density at radius 1 is 1.35 bits per heavy atom. The summed E-state index contributed by atoms with van der Waals surface area (Å²) in [5.74, 6) is 1.03. The summed E-state index contributed by atoms with van der Waals surface area (Å²) < 4.78 is 5.19. The number of benzene rings is 1. The van der Waals surface area contributed by atoms with Gasteiger partial charge < -0.3 is 15.5 Å². The van der Waals surface area contributed by atoms with E-state index < -0.39 is 0 Å². The predicted molar refractivity (Wildman–Crippen MR) is 64.9 cm³/mol. The zero-order valence-corrected chi connectivity index (χ0v) is 9.64. The van der Waals surface area contributed by atoms with E-state index in [1.807, 2.05) is 13.0 Å². The molecule has 2 rings (SSSR count). The van der Waals surface area contributed by atoms with Gasteiger partial charge in [0, 0.05) is 24.1 Å². The molecular weight excluding hydrogens is 218 g/mol. The van der Waals surface area contributed by atoms with Crippen molar-refractivity contribution >= 4 is 17.3 Å². The lowest BCUT2D eigenvalue weighted by Gasteiger charge is -2.06. The first-order valence-corrected chi connectivity index (χ1v) is 5.06. The highest BCUT2D eigenvalue weighted by Gasteiger charge is 2.05. The van der Waals surface area contributed by atoms with Crippen molar-refractivity contribution in [2.24, 2.45) is 10.2 Å². The Morgan fingerprint density at radius 2 is 2.18 bits per heavy atom. The van der Waals surface area contributed by atoms with Crippen LogP contribution in [0.25, 0.3) is 0 Å². The first-order valence-electron chi connectivity index (χ1n) is 5.06. The Balaban J connectivity index is 2.35. The van der Waals surface area contributed by atoms with E-state index in [-0.39, 0.29) is 0 Å². The summed E-state index contributed by atoms with van der Waals surface area (Å²) in [5, 5.41) is 8.03. The molecule has 1 heterocycles. The van der Waals surface area contributed by atoms with E-state index in [1.54, 1.807) is 25.6 Å². The van der Waals surface area contributed by atoms with Crippen molar-refractivity contribution in [2.45, 2.75) is 6.92 Å². The van der Waals surface area contributed by atoms with Crippen LogP contribution in [0, 0.1) is 6.92 Å². The molecule has 0 bridgehead atoms. The number of hydrogen-bond donors (Lipinski definition) is 2. The summed E-state index contributed by atoms with van der Waals surface area (Å²) in [6.07, 6.45) is 3.29. The average molecular weight is 231 g/mol. The van der Waals surface area contributed by atoms with Gasteiger partial charge in [0.15, 0.2) is 0 Å². The van der Waals surface area contributed by atoms with Crippen LogP contribution in [-0.4, -0.2) is 17.1 Å². The number of nitrogens with one attached hydrogen (secondary N) is 1. The SMILES string of the molecule is COc1cc(N)c(C)cc1/N=N/c1ncc[nH]1. The van der Waals surface area contributed by atoms with Gasteiger partial charge in [-0.25, -0.2) is 4.98 Å². The van der Waals surface area contributed by atoms with Crippen molar-refractivity contribution in [2.75, 3.05) is 12.8 Å². The maximum absolute atomic E-state index is 5.79. The molecule has 0 aliphatic heterocycles. The van der Waals surface area contributed by atoms with Crippen LogP contribution in [0.3, 0.4) is 0 Å². The van der Waals surface area contributed by atoms with Gasteiger partial charge in [-0.05, 0) is 18.6 Å². The maximum atomic E-state index is 5.79. The van der Waals surface area contributed by atoms with Gasteiger partial charge in [-0.2, -0.15) is 0 Å². The molecule has 0 saturated heterocycles. The van der Waals surface area contributed by atoms with Gasteiger partial charge in [0.2, 0.25) is 5.95 Å². The summed E-state index contributed by atoms with van der Waals surface area (Å²) in [4.78, 5) is 6.78. The zero-order valence-electron chi connectivity index (χ0n) is 9.64. The van der Waals surface area contributed by atoms with Crippen LogP contribution >= 0.6 is 0 Å². The fraction of sp³-hybridized carbons (Fsp3) is 0.182. The Labute approximate surface area is 98.5 Å². The van der Waals surface area contributed by atoms with E-state index in [4.69, 9.17) is 10.5 Å². The van der Waals surface area contributed by atoms with Crippen LogP contribution in [0.15, 0.2) is 34.8 Å². The third-order valence-corrected chi connectivity index (χ3v) is 2.30. The highest BCUT2D eigenvalue weighted by molar-refractivity contribution is 5.63. The lowest BCUT2D eigenvalue weighted by Crippen LogP contribution is -1.91. The molecule has 0 spiro atoms. The van der Waals surface area contributed by atoms with Gasteiger partial charge in [-0.1, -0.05) is 0 Å². The van der Waals surface area contributed by atoms with Gasteiger partial charge in [0.25, 0.3) is 0 Å². The van der Waals surface area contributed by atoms with Crippen LogP contribution in [-0.2, 0) is 0 Å². The standard InChI is InChI=1S/C11H13N5O/c1-7-5-9(10(17-2)6-8(7)12)15-16-11-13-3-4-14-11/h3-6H,12H2,1-2H3,(H,13,14)/b16-15+. The first kappa shape index (κ1) is 11.1. The number of aromatic nitrogens is 2. The van der Waals surface area contributed by atoms with Crippen LogP contribution in [0.5, 0.6) is 5.75 Å². The normalized spacial score (nSPS) is 10.9. The number of nitrogens with zero attached hydrogens (tertiary/aromatic N) is 3. The molecule has 88 valence electrons. The lowest BCUT2D eigenvalue weighted by atomic mass is 10.1. The smallest absolute Gasteiger partial charge is 0.246 e. The van der Waals surface area contributed by atoms with Gasteiger partial charge in [0.05, 0.1) is 7.11 Å². The number of rotatable bonds is 3. The minimum Gasteiger partial charge on any atom is -0.494 e. The van der Waals surface area contributed by atoms with Crippen molar-refractivity contribution in [3.63, 3.8) is 0 Å². The third kappa shape index (κ3) is 2.41. The quantitative estimate of drug-likeness (QED) is 0.628. The van der Waals surface area contributed by atoms with Gasteiger partial charge in [0.1, 0.15) is 11.4 Å². The molecule has 2 aromatic rings. The van der Waals surface area contributed by atoms with Crippen LogP contribution < -0.4 is 10.5 Å². The monoisotopic (exact) mass is 231 g/mol. The number of imidazole rings is 1. The van der Waals surface area contributed by atoms with Gasteiger partial charge in [-0.15, -0.1) is 10.2 Å². The number of aromatic amines is 1. The second-order valence-electron chi connectivity index (χ2n) is 3.49. The number of anilines is 1. The highest BCUT2D eigenvalue weighted by atomic mass is 16.5. The van der Waals surface area contributed by atoms with Crippen molar-refractivity contribution in [3.8, 4) is 5.75 Å². The number of hydrogen-bond acceptors (Lipinski definition) is 5. The molecule has 6 heteroatoms. The van der Waals surface area contributed by atoms with Crippen molar-refractivity contribution in [3.05, 3.63) is 30.1 Å². The highest BCUT2D eigenvalue weighted by Crippen LogP contribution is 2.32. The van der Waals surface area contributed by atoms with E-state index in [2.05, 4.69) is 20.2 Å². The molecule has 6 nitrogen and oxygen atoms in total. The summed E-state index contributed by atoms with van der Waals surface area (Å²) >= 11 is 0. The van der Waals surface area contributed by atoms with E-state index in [9.17, 15) is 0 Å². The number of ether oxygens (including phenoxy) is 1. The van der Waals surface area contributed by atoms with E-state index in [1.165, 1.54) is 0 Å². The molecule has 0 amide bonds. The van der Waals surface area contributed by atoms with E-state index >= 15 is 0 Å². The molecule has 0 fully saturated rings. The Bertz CT molecular complexity index is 533. The van der Waals surface area contributed by atoms with Crippen molar-refractivity contribution in [1.29, 1.82) is 0 Å². The van der Waals surface area contributed by atoms with Crippen LogP contribution in [0.2, 0.25) is 0 Å². The maximum Gasteiger partial charge on any atom is 0.246 e. The molecule has 1 aromatic heterocycles. The third-order valence-electron chi connectivity index (χ3n) is 2.30. The molecule has 0 saturated carbocycles. The summed E-state index contributed by atoms with van der Waals surface area (Å²) in [6, 6.07) is 3.55. The van der Waals surface area contributed by atoms with E-state index in [0.29, 0.717) is 23.1 Å². The largest absolute Gasteiger partial charge is 0.494 e. The first-order chi connectivity index (χ1) is 8.20. The molecule has 0 atom stereocenters. The van der Waals surface area contributed by atoms with Gasteiger partial charge in [-0.3, -0.25) is 0 Å². The minimum absolute atomic E-state index is 0.446. The number of nitrogen functional groups attached to an aromatic ring is 1. The fourth-order valence-corrected chi connectivity index (χ4v) is 1.34. The summed E-state index contributed by atoms with van der Waals surface area (Å²) in [5.41, 5.74) is 8.00. The Hall–Kier alpha value is -2.37. The summed E-state index contributed by atoms with van der Waals surface area (Å²) in [7, 11) is 1.57. The molecule has 0 aliphatic rings. The van der Waals surface area contributed by atoms with Crippen molar-refractivity contribution < 1.29 is 4.74 Å². The molecule has 0 radical (unpaired) electrons. The second kappa shape index (κ2) is 4.65. The second-order valence-corrected chi connectivity index (χ2v) is 3.49.